The van der Waals surface area contributed by atoms with Crippen LogP contribution in [-0.2, 0) is 0 Å². The Bertz CT molecular complexity index is 865. The molecule has 0 aromatic heterocycles. The van der Waals surface area contributed by atoms with Gasteiger partial charge in [-0.1, -0.05) is 48.0 Å². The summed E-state index contributed by atoms with van der Waals surface area (Å²) < 4.78 is 0. The van der Waals surface area contributed by atoms with E-state index in [1.165, 1.54) is 5.01 Å². The van der Waals surface area contributed by atoms with Crippen LogP contribution in [0.2, 0.25) is 5.02 Å². The Hall–Kier alpha value is -3.11. The highest BCUT2D eigenvalue weighted by atomic mass is 35.5. The molecular formula is C20H15ClN2O2. The average Bonchev–Trinajstić information content (AvgIpc) is 2.67. The molecule has 3 aromatic carbocycles. The minimum absolute atomic E-state index is 0.354. The third-order valence-corrected chi connectivity index (χ3v) is 3.81. The molecule has 0 aliphatic rings. The molecule has 3 aromatic rings. The molecule has 0 unspecified atom stereocenters. The monoisotopic (exact) mass is 350 g/mol. The summed E-state index contributed by atoms with van der Waals surface area (Å²) in [5.41, 5.74) is 4.12. The van der Waals surface area contributed by atoms with Gasteiger partial charge in [0.2, 0.25) is 0 Å². The fraction of sp³-hybridized carbons (Fsp3) is 0. The molecule has 5 heteroatoms. The first-order chi connectivity index (χ1) is 12.1. The summed E-state index contributed by atoms with van der Waals surface area (Å²) in [6.45, 7) is 0. The zero-order valence-electron chi connectivity index (χ0n) is 13.2. The number of nitrogens with one attached hydrogen (secondary N) is 1. The predicted octanol–water partition coefficient (Wildman–Crippen LogP) is 4.33. The minimum Gasteiger partial charge on any atom is -0.267 e. The summed E-state index contributed by atoms with van der Waals surface area (Å²) in [5, 5.41) is 1.77. The fourth-order valence-corrected chi connectivity index (χ4v) is 2.41. The summed E-state index contributed by atoms with van der Waals surface area (Å²) in [7, 11) is 0. The van der Waals surface area contributed by atoms with E-state index in [1.807, 2.05) is 12.1 Å². The third kappa shape index (κ3) is 4.05. The molecule has 0 fully saturated rings. The number of benzene rings is 3. The maximum absolute atomic E-state index is 12.9. The molecule has 25 heavy (non-hydrogen) atoms. The van der Waals surface area contributed by atoms with Gasteiger partial charge in [0.15, 0.2) is 0 Å². The van der Waals surface area contributed by atoms with Gasteiger partial charge in [-0.05, 0) is 48.5 Å². The van der Waals surface area contributed by atoms with Gasteiger partial charge in [-0.25, -0.2) is 5.01 Å². The van der Waals surface area contributed by atoms with Crippen LogP contribution in [0.15, 0.2) is 84.9 Å². The third-order valence-electron chi connectivity index (χ3n) is 3.56. The minimum atomic E-state index is -0.369. The molecular weight excluding hydrogens is 336 g/mol. The van der Waals surface area contributed by atoms with E-state index in [0.717, 1.165) is 0 Å². The average molecular weight is 351 g/mol. The molecule has 0 bridgehead atoms. The van der Waals surface area contributed by atoms with Crippen molar-refractivity contribution in [2.75, 3.05) is 5.01 Å². The highest BCUT2D eigenvalue weighted by Gasteiger charge is 2.20. The molecule has 4 nitrogen and oxygen atoms in total. The van der Waals surface area contributed by atoms with E-state index < -0.39 is 0 Å². The summed E-state index contributed by atoms with van der Waals surface area (Å²) in [5.74, 6) is -0.723. The van der Waals surface area contributed by atoms with Crippen LogP contribution in [0.5, 0.6) is 0 Å². The Morgan fingerprint density at radius 3 is 1.88 bits per heavy atom. The number of hydrogen-bond donors (Lipinski definition) is 1. The molecule has 3 rings (SSSR count). The van der Waals surface area contributed by atoms with Gasteiger partial charge in [0, 0.05) is 16.1 Å². The lowest BCUT2D eigenvalue weighted by atomic mass is 10.2. The summed E-state index contributed by atoms with van der Waals surface area (Å²) >= 11 is 5.88. The Labute approximate surface area is 150 Å². The lowest BCUT2D eigenvalue weighted by molar-refractivity contribution is 0.0887. The van der Waals surface area contributed by atoms with Crippen molar-refractivity contribution in [1.29, 1.82) is 0 Å². The van der Waals surface area contributed by atoms with Crippen LogP contribution < -0.4 is 10.4 Å². The van der Waals surface area contributed by atoms with Crippen LogP contribution in [-0.4, -0.2) is 11.8 Å². The van der Waals surface area contributed by atoms with Crippen molar-refractivity contribution in [3.8, 4) is 0 Å². The lowest BCUT2D eigenvalue weighted by Crippen LogP contribution is -2.46. The highest BCUT2D eigenvalue weighted by Crippen LogP contribution is 2.17. The Kier molecular flexibility index (Phi) is 5.11. The number of nitrogens with zero attached hydrogens (tertiary/aromatic N) is 1. The summed E-state index contributed by atoms with van der Waals surface area (Å²) in [6, 6.07) is 24.2. The van der Waals surface area contributed by atoms with Crippen molar-refractivity contribution in [1.82, 2.24) is 5.43 Å². The Morgan fingerprint density at radius 1 is 0.720 bits per heavy atom. The quantitative estimate of drug-likeness (QED) is 0.715. The molecule has 124 valence electrons. The van der Waals surface area contributed by atoms with E-state index in [4.69, 9.17) is 11.6 Å². The van der Waals surface area contributed by atoms with Crippen LogP contribution in [0.4, 0.5) is 5.69 Å². The maximum Gasteiger partial charge on any atom is 0.277 e. The SMILES string of the molecule is O=C(NN(C(=O)c1ccc(Cl)cc1)c1ccccc1)c1ccccc1. The zero-order valence-corrected chi connectivity index (χ0v) is 14.0. The highest BCUT2D eigenvalue weighted by molar-refractivity contribution is 6.30. The largest absolute Gasteiger partial charge is 0.277 e. The van der Waals surface area contributed by atoms with E-state index in [0.29, 0.717) is 21.8 Å². The fourth-order valence-electron chi connectivity index (χ4n) is 2.29. The number of carbonyl (C=O) groups is 2. The number of para-hydroxylation sites is 1. The van der Waals surface area contributed by atoms with E-state index >= 15 is 0 Å². The van der Waals surface area contributed by atoms with Crippen molar-refractivity contribution in [2.24, 2.45) is 0 Å². The van der Waals surface area contributed by atoms with E-state index in [1.54, 1.807) is 72.8 Å². The van der Waals surface area contributed by atoms with E-state index in [9.17, 15) is 9.59 Å². The molecule has 0 radical (unpaired) electrons. The van der Waals surface area contributed by atoms with Gasteiger partial charge in [-0.3, -0.25) is 15.0 Å². The second-order valence-corrected chi connectivity index (χ2v) is 5.73. The van der Waals surface area contributed by atoms with Gasteiger partial charge in [0.05, 0.1) is 5.69 Å². The summed E-state index contributed by atoms with van der Waals surface area (Å²) in [4.78, 5) is 25.4. The number of amides is 2. The number of hydrazine groups is 1. The molecule has 0 atom stereocenters. The van der Waals surface area contributed by atoms with Gasteiger partial charge in [0.1, 0.15) is 0 Å². The van der Waals surface area contributed by atoms with Crippen molar-refractivity contribution in [3.63, 3.8) is 0 Å². The standard InChI is InChI=1S/C20H15ClN2O2/c21-17-13-11-16(12-14-17)20(25)23(18-9-5-2-6-10-18)22-19(24)15-7-3-1-4-8-15/h1-14H,(H,22,24). The molecule has 0 aliphatic heterocycles. The van der Waals surface area contributed by atoms with Crippen LogP contribution >= 0.6 is 11.6 Å². The first kappa shape index (κ1) is 16.7. The summed E-state index contributed by atoms with van der Waals surface area (Å²) in [6.07, 6.45) is 0. The second-order valence-electron chi connectivity index (χ2n) is 5.29. The van der Waals surface area contributed by atoms with Crippen LogP contribution in [0.3, 0.4) is 0 Å². The normalized spacial score (nSPS) is 10.1. The van der Waals surface area contributed by atoms with Crippen LogP contribution in [0.1, 0.15) is 20.7 Å². The zero-order chi connectivity index (χ0) is 17.6. The van der Waals surface area contributed by atoms with Gasteiger partial charge >= 0.3 is 0 Å². The maximum atomic E-state index is 12.9. The number of carbonyl (C=O) groups excluding carboxylic acids is 2. The van der Waals surface area contributed by atoms with Gasteiger partial charge in [-0.15, -0.1) is 0 Å². The molecule has 2 amide bonds. The number of hydrogen-bond acceptors (Lipinski definition) is 2. The lowest BCUT2D eigenvalue weighted by Gasteiger charge is -2.23. The number of anilines is 1. The molecule has 0 aliphatic carbocycles. The Morgan fingerprint density at radius 2 is 1.28 bits per heavy atom. The second kappa shape index (κ2) is 7.64. The topological polar surface area (TPSA) is 49.4 Å². The molecule has 0 heterocycles. The van der Waals surface area contributed by atoms with Crippen molar-refractivity contribution < 1.29 is 9.59 Å². The van der Waals surface area contributed by atoms with Gasteiger partial charge in [0.25, 0.3) is 11.8 Å². The number of rotatable bonds is 3. The first-order valence-corrected chi connectivity index (χ1v) is 8.04. The number of halogens is 1. The molecule has 0 saturated heterocycles. The predicted molar refractivity (Wildman–Crippen MR) is 98.6 cm³/mol. The van der Waals surface area contributed by atoms with Crippen molar-refractivity contribution >= 4 is 29.1 Å². The molecule has 0 spiro atoms. The molecule has 1 N–H and O–H groups in total. The Balaban J connectivity index is 1.91. The smallest absolute Gasteiger partial charge is 0.267 e. The van der Waals surface area contributed by atoms with Gasteiger partial charge < -0.3 is 0 Å². The van der Waals surface area contributed by atoms with Crippen molar-refractivity contribution in [2.45, 2.75) is 0 Å². The van der Waals surface area contributed by atoms with Crippen LogP contribution in [0.25, 0.3) is 0 Å². The first-order valence-electron chi connectivity index (χ1n) is 7.66. The molecule has 0 saturated carbocycles. The van der Waals surface area contributed by atoms with Gasteiger partial charge in [-0.2, -0.15) is 0 Å². The van der Waals surface area contributed by atoms with Crippen molar-refractivity contribution in [3.05, 3.63) is 101 Å². The van der Waals surface area contributed by atoms with E-state index in [2.05, 4.69) is 5.43 Å². The van der Waals surface area contributed by atoms with E-state index in [-0.39, 0.29) is 11.8 Å². The van der Waals surface area contributed by atoms with Crippen LogP contribution in [0, 0.1) is 0 Å².